The van der Waals surface area contributed by atoms with E-state index in [2.05, 4.69) is 70.5 Å². The fraction of sp³-hybridized carbons (Fsp3) is 0.520. The molecule has 2 aliphatic heterocycles. The first-order valence-corrected chi connectivity index (χ1v) is 11.7. The molecule has 2 atom stereocenters. The van der Waals surface area contributed by atoms with Crippen molar-refractivity contribution >= 4 is 11.5 Å². The van der Waals surface area contributed by atoms with Crippen LogP contribution in [0.1, 0.15) is 55.2 Å². The van der Waals surface area contributed by atoms with Crippen molar-refractivity contribution in [3.63, 3.8) is 0 Å². The zero-order valence-corrected chi connectivity index (χ0v) is 19.0. The van der Waals surface area contributed by atoms with E-state index in [0.29, 0.717) is 12.1 Å². The Kier molecular flexibility index (Phi) is 5.67. The lowest BCUT2D eigenvalue weighted by Gasteiger charge is -2.39. The van der Waals surface area contributed by atoms with E-state index in [4.69, 9.17) is 9.97 Å². The van der Waals surface area contributed by atoms with Gasteiger partial charge in [-0.3, -0.25) is 14.3 Å². The Morgan fingerprint density at radius 3 is 2.58 bits per heavy atom. The molecule has 0 bridgehead atoms. The standard InChI is InChI=1S/C25H34N6/c1-4-29-14-16-30(17-15-29)24-12-6-11-23-27-20(18-31(23)24)21-9-5-10-22(28(21)3)25-19(2)8-7-13-26-25/h6-8,11-13,18,21-22H,4-5,9-10,14-17H2,1-3H3. The predicted octanol–water partition coefficient (Wildman–Crippen LogP) is 4.08. The number of aryl methyl sites for hydroxylation is 1. The number of likely N-dealkylation sites (tertiary alicyclic amines) is 1. The van der Waals surface area contributed by atoms with Gasteiger partial charge >= 0.3 is 0 Å². The van der Waals surface area contributed by atoms with Gasteiger partial charge in [-0.2, -0.15) is 0 Å². The molecular weight excluding hydrogens is 384 g/mol. The summed E-state index contributed by atoms with van der Waals surface area (Å²) in [5, 5.41) is 0. The van der Waals surface area contributed by atoms with Gasteiger partial charge in [0.05, 0.1) is 23.5 Å². The summed E-state index contributed by atoms with van der Waals surface area (Å²) < 4.78 is 2.31. The Labute approximate surface area is 185 Å². The van der Waals surface area contributed by atoms with Crippen LogP contribution in [0.25, 0.3) is 5.65 Å². The molecule has 6 heteroatoms. The van der Waals surface area contributed by atoms with Crippen LogP contribution in [0.3, 0.4) is 0 Å². The van der Waals surface area contributed by atoms with Gasteiger partial charge in [0.2, 0.25) is 0 Å². The average Bonchev–Trinajstić information content (AvgIpc) is 3.24. The molecule has 0 radical (unpaired) electrons. The van der Waals surface area contributed by atoms with Crippen molar-refractivity contribution < 1.29 is 0 Å². The van der Waals surface area contributed by atoms with Gasteiger partial charge in [-0.15, -0.1) is 0 Å². The van der Waals surface area contributed by atoms with Gasteiger partial charge < -0.3 is 9.80 Å². The molecule has 2 aliphatic rings. The molecule has 3 aromatic heterocycles. The van der Waals surface area contributed by atoms with Crippen LogP contribution < -0.4 is 4.90 Å². The molecule has 0 spiro atoms. The van der Waals surface area contributed by atoms with E-state index >= 15 is 0 Å². The number of hydrogen-bond donors (Lipinski definition) is 0. The van der Waals surface area contributed by atoms with Crippen molar-refractivity contribution in [1.29, 1.82) is 0 Å². The van der Waals surface area contributed by atoms with Crippen LogP contribution >= 0.6 is 0 Å². The number of pyridine rings is 2. The largest absolute Gasteiger partial charge is 0.355 e. The minimum absolute atomic E-state index is 0.324. The smallest absolute Gasteiger partial charge is 0.138 e. The Morgan fingerprint density at radius 1 is 1.00 bits per heavy atom. The Bertz CT molecular complexity index is 1040. The van der Waals surface area contributed by atoms with Crippen LogP contribution in [0, 0.1) is 6.92 Å². The summed E-state index contributed by atoms with van der Waals surface area (Å²) in [7, 11) is 2.25. The molecule has 0 N–H and O–H groups in total. The van der Waals surface area contributed by atoms with Crippen LogP contribution in [0.4, 0.5) is 5.82 Å². The molecule has 0 saturated carbocycles. The highest BCUT2D eigenvalue weighted by Gasteiger charge is 2.32. The number of rotatable bonds is 4. The van der Waals surface area contributed by atoms with Crippen molar-refractivity contribution in [2.75, 3.05) is 44.7 Å². The lowest BCUT2D eigenvalue weighted by Crippen LogP contribution is -2.46. The summed E-state index contributed by atoms with van der Waals surface area (Å²) in [4.78, 5) is 17.4. The summed E-state index contributed by atoms with van der Waals surface area (Å²) in [5.41, 5.74) is 4.73. The highest BCUT2D eigenvalue weighted by Crippen LogP contribution is 2.40. The predicted molar refractivity (Wildman–Crippen MR) is 126 cm³/mol. The number of likely N-dealkylation sites (N-methyl/N-ethyl adjacent to an activating group) is 1. The Hall–Kier alpha value is -2.44. The molecule has 164 valence electrons. The highest BCUT2D eigenvalue weighted by atomic mass is 15.3. The van der Waals surface area contributed by atoms with E-state index in [-0.39, 0.29) is 0 Å². The zero-order chi connectivity index (χ0) is 21.4. The highest BCUT2D eigenvalue weighted by molar-refractivity contribution is 5.53. The second-order valence-corrected chi connectivity index (χ2v) is 9.03. The van der Waals surface area contributed by atoms with Gasteiger partial charge in [-0.1, -0.05) is 19.1 Å². The number of nitrogens with zero attached hydrogens (tertiary/aromatic N) is 6. The van der Waals surface area contributed by atoms with E-state index in [9.17, 15) is 0 Å². The molecule has 6 nitrogen and oxygen atoms in total. The number of hydrogen-bond acceptors (Lipinski definition) is 5. The van der Waals surface area contributed by atoms with Gasteiger partial charge in [0.15, 0.2) is 0 Å². The van der Waals surface area contributed by atoms with E-state index in [0.717, 1.165) is 51.2 Å². The van der Waals surface area contributed by atoms with Crippen molar-refractivity contribution in [2.24, 2.45) is 0 Å². The van der Waals surface area contributed by atoms with E-state index < -0.39 is 0 Å². The Balaban J connectivity index is 1.43. The lowest BCUT2D eigenvalue weighted by atomic mass is 9.91. The molecule has 5 heterocycles. The van der Waals surface area contributed by atoms with Crippen molar-refractivity contribution in [3.05, 3.63) is 59.7 Å². The van der Waals surface area contributed by atoms with Crippen LogP contribution in [-0.4, -0.2) is 63.9 Å². The van der Waals surface area contributed by atoms with Crippen LogP contribution in [0.5, 0.6) is 0 Å². The molecule has 0 aliphatic carbocycles. The van der Waals surface area contributed by atoms with Crippen molar-refractivity contribution in [1.82, 2.24) is 24.2 Å². The summed E-state index contributed by atoms with van der Waals surface area (Å²) in [5.74, 6) is 1.27. The summed E-state index contributed by atoms with van der Waals surface area (Å²) >= 11 is 0. The van der Waals surface area contributed by atoms with Crippen molar-refractivity contribution in [2.45, 2.75) is 45.2 Å². The summed E-state index contributed by atoms with van der Waals surface area (Å²) in [6, 6.07) is 11.4. The first-order valence-electron chi connectivity index (χ1n) is 11.7. The first kappa shape index (κ1) is 20.5. The second kappa shape index (κ2) is 8.60. The molecule has 0 aromatic carbocycles. The van der Waals surface area contributed by atoms with Gasteiger partial charge in [-0.25, -0.2) is 4.98 Å². The molecule has 2 fully saturated rings. The summed E-state index contributed by atoms with van der Waals surface area (Å²) in [6.07, 6.45) is 7.72. The number of aromatic nitrogens is 3. The first-order chi connectivity index (χ1) is 15.2. The van der Waals surface area contributed by atoms with Crippen molar-refractivity contribution in [3.8, 4) is 0 Å². The molecule has 31 heavy (non-hydrogen) atoms. The maximum absolute atomic E-state index is 5.09. The van der Waals surface area contributed by atoms with E-state index in [1.54, 1.807) is 0 Å². The van der Waals surface area contributed by atoms with Crippen LogP contribution in [0.15, 0.2) is 42.7 Å². The minimum atomic E-state index is 0.324. The number of fused-ring (bicyclic) bond motifs is 1. The normalized spacial score (nSPS) is 23.5. The fourth-order valence-electron chi connectivity index (χ4n) is 5.39. The van der Waals surface area contributed by atoms with Gasteiger partial charge in [-0.05, 0) is 63.5 Å². The van der Waals surface area contributed by atoms with E-state index in [1.165, 1.54) is 29.2 Å². The molecule has 5 rings (SSSR count). The van der Waals surface area contributed by atoms with Crippen LogP contribution in [0.2, 0.25) is 0 Å². The third kappa shape index (κ3) is 3.83. The van der Waals surface area contributed by atoms with E-state index in [1.807, 2.05) is 12.3 Å². The number of imidazole rings is 1. The molecule has 3 aromatic rings. The second-order valence-electron chi connectivity index (χ2n) is 9.03. The number of anilines is 1. The van der Waals surface area contributed by atoms with Gasteiger partial charge in [0, 0.05) is 38.6 Å². The zero-order valence-electron chi connectivity index (χ0n) is 19.0. The van der Waals surface area contributed by atoms with Gasteiger partial charge in [0.25, 0.3) is 0 Å². The molecular formula is C25H34N6. The topological polar surface area (TPSA) is 39.9 Å². The number of piperazine rings is 1. The molecule has 2 unspecified atom stereocenters. The Morgan fingerprint density at radius 2 is 1.81 bits per heavy atom. The van der Waals surface area contributed by atoms with Crippen LogP contribution in [-0.2, 0) is 0 Å². The fourth-order valence-corrected chi connectivity index (χ4v) is 5.39. The molecule has 2 saturated heterocycles. The monoisotopic (exact) mass is 418 g/mol. The maximum Gasteiger partial charge on any atom is 0.138 e. The average molecular weight is 419 g/mol. The number of piperidine rings is 1. The SMILES string of the molecule is CCN1CCN(c2cccc3nc(C4CCCC(c5ncccc5C)N4C)cn23)CC1. The minimum Gasteiger partial charge on any atom is -0.355 e. The quantitative estimate of drug-likeness (QED) is 0.639. The lowest BCUT2D eigenvalue weighted by molar-refractivity contribution is 0.109. The summed E-state index contributed by atoms with van der Waals surface area (Å²) in [6.45, 7) is 9.97. The third-order valence-corrected chi connectivity index (χ3v) is 7.28. The molecule has 0 amide bonds. The third-order valence-electron chi connectivity index (χ3n) is 7.28. The maximum atomic E-state index is 5.09. The van der Waals surface area contributed by atoms with Gasteiger partial charge in [0.1, 0.15) is 11.5 Å².